The molecule has 0 spiro atoms. The smallest absolute Gasteiger partial charge is 0.329 e. The second-order valence-corrected chi connectivity index (χ2v) is 4.78. The summed E-state index contributed by atoms with van der Waals surface area (Å²) in [7, 11) is 0. The van der Waals surface area contributed by atoms with Crippen LogP contribution in [0.25, 0.3) is 10.8 Å². The first-order valence-corrected chi connectivity index (χ1v) is 6.29. The SMILES string of the molecule is CC(C)c1nnsc1-c1nnc(COCC(=O)O)o1. The molecule has 0 saturated carbocycles. The lowest BCUT2D eigenvalue weighted by Gasteiger charge is -1.99. The van der Waals surface area contributed by atoms with E-state index in [4.69, 9.17) is 14.3 Å². The van der Waals surface area contributed by atoms with Crippen molar-refractivity contribution in [3.05, 3.63) is 11.6 Å². The predicted molar refractivity (Wildman–Crippen MR) is 64.6 cm³/mol. The first-order valence-electron chi connectivity index (χ1n) is 5.52. The Bertz CT molecular complexity index is 565. The molecule has 9 heteroatoms. The van der Waals surface area contributed by atoms with Gasteiger partial charge in [-0.2, -0.15) is 0 Å². The molecule has 2 rings (SSSR count). The summed E-state index contributed by atoms with van der Waals surface area (Å²) >= 11 is 1.18. The van der Waals surface area contributed by atoms with Gasteiger partial charge in [0.25, 0.3) is 5.89 Å². The van der Waals surface area contributed by atoms with Gasteiger partial charge in [-0.3, -0.25) is 0 Å². The zero-order valence-corrected chi connectivity index (χ0v) is 11.2. The molecule has 0 atom stereocenters. The van der Waals surface area contributed by atoms with E-state index in [1.54, 1.807) is 0 Å². The number of rotatable bonds is 6. The Kier molecular flexibility index (Phi) is 4.17. The number of hydrogen-bond donors (Lipinski definition) is 1. The number of hydrogen-bond acceptors (Lipinski definition) is 8. The van der Waals surface area contributed by atoms with Gasteiger partial charge in [0, 0.05) is 0 Å². The summed E-state index contributed by atoms with van der Waals surface area (Å²) in [5, 5.41) is 20.1. The first kappa shape index (κ1) is 13.6. The van der Waals surface area contributed by atoms with E-state index in [1.807, 2.05) is 13.8 Å². The normalized spacial score (nSPS) is 11.1. The standard InChI is InChI=1S/C10H12N4O4S/c1-5(2)8-9(19-14-12-8)10-13-11-6(18-10)3-17-4-7(15)16/h5H,3-4H2,1-2H3,(H,15,16). The Morgan fingerprint density at radius 3 is 2.89 bits per heavy atom. The van der Waals surface area contributed by atoms with Gasteiger partial charge >= 0.3 is 5.97 Å². The van der Waals surface area contributed by atoms with Crippen molar-refractivity contribution in [3.63, 3.8) is 0 Å². The maximum atomic E-state index is 10.3. The first-order chi connectivity index (χ1) is 9.08. The van der Waals surface area contributed by atoms with Crippen LogP contribution in [0.4, 0.5) is 0 Å². The van der Waals surface area contributed by atoms with Gasteiger partial charge in [-0.25, -0.2) is 4.79 Å². The van der Waals surface area contributed by atoms with Gasteiger partial charge in [-0.05, 0) is 17.5 Å². The van der Waals surface area contributed by atoms with E-state index in [0.29, 0.717) is 5.89 Å². The lowest BCUT2D eigenvalue weighted by atomic mass is 10.1. The molecule has 2 aromatic heterocycles. The van der Waals surface area contributed by atoms with Crippen LogP contribution in [0.3, 0.4) is 0 Å². The molecule has 0 amide bonds. The predicted octanol–water partition coefficient (Wildman–Crippen LogP) is 1.31. The third kappa shape index (κ3) is 3.32. The van der Waals surface area contributed by atoms with Crippen LogP contribution in [-0.2, 0) is 16.1 Å². The molecule has 0 aliphatic heterocycles. The molecule has 0 saturated heterocycles. The second kappa shape index (κ2) is 5.85. The minimum atomic E-state index is -1.05. The third-order valence-electron chi connectivity index (χ3n) is 2.17. The summed E-state index contributed by atoms with van der Waals surface area (Å²) in [5.41, 5.74) is 0.798. The van der Waals surface area contributed by atoms with Crippen molar-refractivity contribution < 1.29 is 19.1 Å². The van der Waals surface area contributed by atoms with Crippen LogP contribution < -0.4 is 0 Å². The van der Waals surface area contributed by atoms with E-state index in [-0.39, 0.29) is 18.4 Å². The Labute approximate surface area is 112 Å². The molecule has 1 N–H and O–H groups in total. The molecule has 0 fully saturated rings. The topological polar surface area (TPSA) is 111 Å². The van der Waals surface area contributed by atoms with Gasteiger partial charge in [-0.1, -0.05) is 18.3 Å². The second-order valence-electron chi connectivity index (χ2n) is 4.03. The average Bonchev–Trinajstić information content (AvgIpc) is 2.95. The van der Waals surface area contributed by atoms with Gasteiger partial charge in [0.15, 0.2) is 0 Å². The highest BCUT2D eigenvalue weighted by atomic mass is 32.1. The molecule has 0 aliphatic carbocycles. The number of carboxylic acid groups (broad SMARTS) is 1. The zero-order chi connectivity index (χ0) is 13.8. The van der Waals surface area contributed by atoms with E-state index < -0.39 is 12.6 Å². The molecule has 19 heavy (non-hydrogen) atoms. The van der Waals surface area contributed by atoms with E-state index >= 15 is 0 Å². The van der Waals surface area contributed by atoms with E-state index in [1.165, 1.54) is 11.5 Å². The van der Waals surface area contributed by atoms with Crippen molar-refractivity contribution in [2.24, 2.45) is 0 Å². The lowest BCUT2D eigenvalue weighted by molar-refractivity contribution is -0.142. The van der Waals surface area contributed by atoms with Crippen LogP contribution >= 0.6 is 11.5 Å². The van der Waals surface area contributed by atoms with Gasteiger partial charge < -0.3 is 14.3 Å². The van der Waals surface area contributed by atoms with Crippen molar-refractivity contribution in [1.82, 2.24) is 19.8 Å². The fourth-order valence-corrected chi connectivity index (χ4v) is 2.09. The van der Waals surface area contributed by atoms with Gasteiger partial charge in [0.05, 0.1) is 5.69 Å². The van der Waals surface area contributed by atoms with Crippen molar-refractivity contribution in [2.75, 3.05) is 6.61 Å². The number of carbonyl (C=O) groups is 1. The highest BCUT2D eigenvalue weighted by molar-refractivity contribution is 7.09. The average molecular weight is 284 g/mol. The van der Waals surface area contributed by atoms with Crippen LogP contribution in [0.2, 0.25) is 0 Å². The molecule has 0 aromatic carbocycles. The summed E-state index contributed by atoms with van der Waals surface area (Å²) < 4.78 is 14.1. The number of aromatic nitrogens is 4. The van der Waals surface area contributed by atoms with Crippen molar-refractivity contribution in [2.45, 2.75) is 26.4 Å². The molecule has 0 bridgehead atoms. The number of ether oxygens (including phenoxy) is 1. The van der Waals surface area contributed by atoms with E-state index in [0.717, 1.165) is 10.6 Å². The van der Waals surface area contributed by atoms with Gasteiger partial charge in [0.1, 0.15) is 18.1 Å². The van der Waals surface area contributed by atoms with Crippen LogP contribution in [-0.4, -0.2) is 37.5 Å². The number of carboxylic acids is 1. The summed E-state index contributed by atoms with van der Waals surface area (Å²) in [6, 6.07) is 0. The minimum absolute atomic E-state index is 0.0391. The monoisotopic (exact) mass is 284 g/mol. The Hall–Kier alpha value is -1.87. The molecule has 0 radical (unpaired) electrons. The molecule has 102 valence electrons. The van der Waals surface area contributed by atoms with E-state index in [9.17, 15) is 4.79 Å². The fourth-order valence-electron chi connectivity index (χ4n) is 1.35. The van der Waals surface area contributed by atoms with Crippen LogP contribution in [0.1, 0.15) is 31.4 Å². The van der Waals surface area contributed by atoms with Crippen molar-refractivity contribution in [3.8, 4) is 10.8 Å². The van der Waals surface area contributed by atoms with Crippen molar-refractivity contribution in [1.29, 1.82) is 0 Å². The third-order valence-corrected chi connectivity index (χ3v) is 2.90. The highest BCUT2D eigenvalue weighted by Gasteiger charge is 2.19. The maximum absolute atomic E-state index is 10.3. The largest absolute Gasteiger partial charge is 0.480 e. The summed E-state index contributed by atoms with van der Waals surface area (Å²) in [6.45, 7) is 3.54. The molecular weight excluding hydrogens is 272 g/mol. The highest BCUT2D eigenvalue weighted by Crippen LogP contribution is 2.29. The van der Waals surface area contributed by atoms with Gasteiger partial charge in [-0.15, -0.1) is 15.3 Å². The molecule has 2 aromatic rings. The quantitative estimate of drug-likeness (QED) is 0.845. The minimum Gasteiger partial charge on any atom is -0.480 e. The van der Waals surface area contributed by atoms with Crippen LogP contribution in [0.15, 0.2) is 4.42 Å². The molecule has 8 nitrogen and oxygen atoms in total. The van der Waals surface area contributed by atoms with Crippen LogP contribution in [0.5, 0.6) is 0 Å². The maximum Gasteiger partial charge on any atom is 0.329 e. The summed E-state index contributed by atoms with van der Waals surface area (Å²) in [4.78, 5) is 11.0. The molecule has 2 heterocycles. The molecule has 0 aliphatic rings. The Morgan fingerprint density at radius 1 is 1.42 bits per heavy atom. The Balaban J connectivity index is 2.08. The number of nitrogens with zero attached hydrogens (tertiary/aromatic N) is 4. The van der Waals surface area contributed by atoms with Gasteiger partial charge in [0.2, 0.25) is 5.89 Å². The molecular formula is C10H12N4O4S. The number of aliphatic carboxylic acids is 1. The van der Waals surface area contributed by atoms with Crippen LogP contribution in [0, 0.1) is 0 Å². The van der Waals surface area contributed by atoms with E-state index in [2.05, 4.69) is 19.8 Å². The van der Waals surface area contributed by atoms with Crippen molar-refractivity contribution >= 4 is 17.5 Å². The summed E-state index contributed by atoms with van der Waals surface area (Å²) in [6.07, 6.45) is 0. The fraction of sp³-hybridized carbons (Fsp3) is 0.500. The summed E-state index contributed by atoms with van der Waals surface area (Å²) in [5.74, 6) is -0.298. The Morgan fingerprint density at radius 2 is 2.21 bits per heavy atom. The lowest BCUT2D eigenvalue weighted by Crippen LogP contribution is -2.06. The molecule has 0 unspecified atom stereocenters. The zero-order valence-electron chi connectivity index (χ0n) is 10.4.